The molecule has 0 aromatic heterocycles. The molecule has 0 unspecified atom stereocenters. The van der Waals surface area contributed by atoms with Gasteiger partial charge in [-0.3, -0.25) is 10.1 Å². The minimum Gasteiger partial charge on any atom is -0.490 e. The van der Waals surface area contributed by atoms with Gasteiger partial charge in [-0.2, -0.15) is 0 Å². The Morgan fingerprint density at radius 3 is 2.70 bits per heavy atom. The van der Waals surface area contributed by atoms with Gasteiger partial charge in [-0.15, -0.1) is 0 Å². The van der Waals surface area contributed by atoms with Crippen molar-refractivity contribution in [3.8, 4) is 5.75 Å². The van der Waals surface area contributed by atoms with Crippen LogP contribution in [0.3, 0.4) is 0 Å². The summed E-state index contributed by atoms with van der Waals surface area (Å²) in [6, 6.07) is 4.95. The number of nitro benzene ring substituents is 1. The van der Waals surface area contributed by atoms with Gasteiger partial charge in [0, 0.05) is 12.0 Å². The van der Waals surface area contributed by atoms with E-state index in [9.17, 15) is 15.2 Å². The summed E-state index contributed by atoms with van der Waals surface area (Å²) in [4.78, 5) is 10.7. The van der Waals surface area contributed by atoms with Crippen LogP contribution >= 0.6 is 0 Å². The molecule has 20 heavy (non-hydrogen) atoms. The van der Waals surface area contributed by atoms with Gasteiger partial charge < -0.3 is 15.2 Å². The van der Waals surface area contributed by atoms with Gasteiger partial charge in [-0.1, -0.05) is 18.9 Å². The predicted octanol–water partition coefficient (Wildman–Crippen LogP) is 2.57. The van der Waals surface area contributed by atoms with Crippen LogP contribution in [-0.2, 0) is 0 Å². The lowest BCUT2D eigenvalue weighted by atomic mass is 9.87. The normalized spacial score (nSPS) is 16.9. The molecule has 0 heterocycles. The first kappa shape index (κ1) is 14.6. The summed E-state index contributed by atoms with van der Waals surface area (Å²) in [5.74, 6) is 0.240. The first-order valence-corrected chi connectivity index (χ1v) is 6.78. The van der Waals surface area contributed by atoms with E-state index in [0.717, 1.165) is 25.7 Å². The lowest BCUT2D eigenvalue weighted by Gasteiger charge is -2.27. The summed E-state index contributed by atoms with van der Waals surface area (Å²) in [7, 11) is 1.41. The standard InChI is InChI=1S/C14H20N2O4/c1-20-12-6-4-5-11(13(12)16(18)19)15-9-14(10-17)7-2-3-8-14/h4-6,15,17H,2-3,7-10H2,1H3. The summed E-state index contributed by atoms with van der Waals surface area (Å²) in [5.41, 5.74) is 0.229. The summed E-state index contributed by atoms with van der Waals surface area (Å²) in [6.45, 7) is 0.648. The van der Waals surface area contributed by atoms with E-state index in [4.69, 9.17) is 4.74 Å². The maximum atomic E-state index is 11.2. The van der Waals surface area contributed by atoms with Gasteiger partial charge in [-0.25, -0.2) is 0 Å². The lowest BCUT2D eigenvalue weighted by molar-refractivity contribution is -0.384. The quantitative estimate of drug-likeness (QED) is 0.618. The fourth-order valence-electron chi connectivity index (χ4n) is 2.82. The first-order valence-electron chi connectivity index (χ1n) is 6.78. The molecule has 0 amide bonds. The summed E-state index contributed by atoms with van der Waals surface area (Å²) < 4.78 is 5.04. The number of nitrogens with zero attached hydrogens (tertiary/aromatic N) is 1. The van der Waals surface area contributed by atoms with Crippen molar-refractivity contribution in [2.24, 2.45) is 5.41 Å². The van der Waals surface area contributed by atoms with Gasteiger partial charge in [0.15, 0.2) is 5.75 Å². The van der Waals surface area contributed by atoms with Gasteiger partial charge in [0.25, 0.3) is 0 Å². The molecule has 6 nitrogen and oxygen atoms in total. The number of rotatable bonds is 6. The lowest BCUT2D eigenvalue weighted by Crippen LogP contribution is -2.30. The average Bonchev–Trinajstić information content (AvgIpc) is 2.93. The zero-order valence-corrected chi connectivity index (χ0v) is 11.6. The summed E-state index contributed by atoms with van der Waals surface area (Å²) in [6.07, 6.45) is 4.10. The number of ether oxygens (including phenoxy) is 1. The Kier molecular flexibility index (Phi) is 4.44. The van der Waals surface area contributed by atoms with Gasteiger partial charge >= 0.3 is 5.69 Å². The Morgan fingerprint density at radius 2 is 2.15 bits per heavy atom. The molecule has 1 aromatic carbocycles. The molecule has 6 heteroatoms. The number of anilines is 1. The van der Waals surface area contributed by atoms with E-state index < -0.39 is 4.92 Å². The van der Waals surface area contributed by atoms with Crippen LogP contribution in [0, 0.1) is 15.5 Å². The van der Waals surface area contributed by atoms with E-state index in [1.165, 1.54) is 7.11 Å². The third-order valence-corrected chi connectivity index (χ3v) is 4.05. The van der Waals surface area contributed by atoms with Crippen LogP contribution in [0.5, 0.6) is 5.75 Å². The molecule has 2 N–H and O–H groups in total. The number of hydrogen-bond acceptors (Lipinski definition) is 5. The molecule has 1 aliphatic rings. The van der Waals surface area contributed by atoms with E-state index in [-0.39, 0.29) is 23.5 Å². The maximum absolute atomic E-state index is 11.2. The van der Waals surface area contributed by atoms with Gasteiger partial charge in [0.1, 0.15) is 5.69 Å². The Balaban J connectivity index is 2.19. The van der Waals surface area contributed by atoms with Crippen LogP contribution in [0.25, 0.3) is 0 Å². The first-order chi connectivity index (χ1) is 9.62. The van der Waals surface area contributed by atoms with E-state index in [2.05, 4.69) is 5.32 Å². The SMILES string of the molecule is COc1cccc(NCC2(CO)CCCC2)c1[N+](=O)[O-]. The molecule has 110 valence electrons. The van der Waals surface area contributed by atoms with Crippen molar-refractivity contribution in [3.05, 3.63) is 28.3 Å². The Hall–Kier alpha value is -1.82. The number of methoxy groups -OCH3 is 1. The van der Waals surface area contributed by atoms with Crippen molar-refractivity contribution in [2.75, 3.05) is 25.6 Å². The number of aliphatic hydroxyl groups excluding tert-OH is 1. The van der Waals surface area contributed by atoms with Crippen molar-refractivity contribution in [1.29, 1.82) is 0 Å². The van der Waals surface area contributed by atoms with Crippen LogP contribution in [0.1, 0.15) is 25.7 Å². The van der Waals surface area contributed by atoms with Gasteiger partial charge in [0.2, 0.25) is 0 Å². The third kappa shape index (κ3) is 2.85. The molecular formula is C14H20N2O4. The van der Waals surface area contributed by atoms with Crippen LogP contribution in [-0.4, -0.2) is 30.3 Å². The monoisotopic (exact) mass is 280 g/mol. The largest absolute Gasteiger partial charge is 0.490 e. The molecule has 0 radical (unpaired) electrons. The molecule has 1 fully saturated rings. The fraction of sp³-hybridized carbons (Fsp3) is 0.571. The zero-order chi connectivity index (χ0) is 14.6. The molecule has 0 saturated heterocycles. The highest BCUT2D eigenvalue weighted by Gasteiger charge is 2.33. The Bertz CT molecular complexity index is 484. The topological polar surface area (TPSA) is 84.6 Å². The molecule has 2 rings (SSSR count). The van der Waals surface area contributed by atoms with Crippen molar-refractivity contribution in [2.45, 2.75) is 25.7 Å². The molecule has 0 aliphatic heterocycles. The van der Waals surface area contributed by atoms with Crippen molar-refractivity contribution < 1.29 is 14.8 Å². The van der Waals surface area contributed by atoms with Gasteiger partial charge in [0.05, 0.1) is 18.6 Å². The number of nitrogens with one attached hydrogen (secondary N) is 1. The molecule has 0 atom stereocenters. The highest BCUT2D eigenvalue weighted by Crippen LogP contribution is 2.40. The number of hydrogen-bond donors (Lipinski definition) is 2. The average molecular weight is 280 g/mol. The number of para-hydroxylation sites is 1. The van der Waals surface area contributed by atoms with Crippen LogP contribution in [0.15, 0.2) is 18.2 Å². The number of nitro groups is 1. The van der Waals surface area contributed by atoms with Crippen LogP contribution in [0.4, 0.5) is 11.4 Å². The van der Waals surface area contributed by atoms with Crippen molar-refractivity contribution in [3.63, 3.8) is 0 Å². The second kappa shape index (κ2) is 6.09. The second-order valence-corrected chi connectivity index (χ2v) is 5.33. The fourth-order valence-corrected chi connectivity index (χ4v) is 2.82. The Morgan fingerprint density at radius 1 is 1.45 bits per heavy atom. The minimum absolute atomic E-state index is 0.0545. The van der Waals surface area contributed by atoms with Crippen LogP contribution in [0.2, 0.25) is 0 Å². The highest BCUT2D eigenvalue weighted by molar-refractivity contribution is 5.68. The predicted molar refractivity (Wildman–Crippen MR) is 76.1 cm³/mol. The summed E-state index contributed by atoms with van der Waals surface area (Å²) >= 11 is 0. The second-order valence-electron chi connectivity index (χ2n) is 5.33. The molecule has 1 aromatic rings. The Labute approximate surface area is 117 Å². The molecule has 1 saturated carbocycles. The maximum Gasteiger partial charge on any atom is 0.333 e. The van der Waals surface area contributed by atoms with Gasteiger partial charge in [-0.05, 0) is 25.0 Å². The number of aliphatic hydroxyl groups is 1. The highest BCUT2D eigenvalue weighted by atomic mass is 16.6. The third-order valence-electron chi connectivity index (χ3n) is 4.05. The molecule has 0 spiro atoms. The summed E-state index contributed by atoms with van der Waals surface area (Å²) in [5, 5.41) is 23.9. The molecular weight excluding hydrogens is 260 g/mol. The van der Waals surface area contributed by atoms with E-state index >= 15 is 0 Å². The van der Waals surface area contributed by atoms with E-state index in [0.29, 0.717) is 12.2 Å². The van der Waals surface area contributed by atoms with Crippen molar-refractivity contribution >= 4 is 11.4 Å². The number of benzene rings is 1. The molecule has 1 aliphatic carbocycles. The minimum atomic E-state index is -0.443. The molecule has 0 bridgehead atoms. The van der Waals surface area contributed by atoms with E-state index in [1.807, 2.05) is 0 Å². The van der Waals surface area contributed by atoms with E-state index in [1.54, 1.807) is 18.2 Å². The van der Waals surface area contributed by atoms with Crippen molar-refractivity contribution in [1.82, 2.24) is 0 Å². The zero-order valence-electron chi connectivity index (χ0n) is 11.6. The smallest absolute Gasteiger partial charge is 0.333 e. The van der Waals surface area contributed by atoms with Crippen LogP contribution < -0.4 is 10.1 Å².